The van der Waals surface area contributed by atoms with Gasteiger partial charge in [0.25, 0.3) is 0 Å². The van der Waals surface area contributed by atoms with Crippen LogP contribution in [-0.2, 0) is 4.74 Å². The van der Waals surface area contributed by atoms with Crippen molar-refractivity contribution in [3.05, 3.63) is 41.8 Å². The van der Waals surface area contributed by atoms with Gasteiger partial charge in [0.15, 0.2) is 6.71 Å². The summed E-state index contributed by atoms with van der Waals surface area (Å²) in [5, 5.41) is 0. The van der Waals surface area contributed by atoms with Gasteiger partial charge in [0.2, 0.25) is 0 Å². The quantitative estimate of drug-likeness (QED) is 0.656. The van der Waals surface area contributed by atoms with E-state index in [9.17, 15) is 9.18 Å². The van der Waals surface area contributed by atoms with Gasteiger partial charge in [-0.25, -0.2) is 14.2 Å². The lowest BCUT2D eigenvalue weighted by Gasteiger charge is -2.35. The highest BCUT2D eigenvalue weighted by Gasteiger charge is 2.48. The summed E-state index contributed by atoms with van der Waals surface area (Å²) in [6.07, 6.45) is 3.97. The molecule has 2 aromatic rings. The largest absolute Gasteiger partial charge is 0.465 e. The van der Waals surface area contributed by atoms with Crippen molar-refractivity contribution in [1.82, 2.24) is 4.98 Å². The van der Waals surface area contributed by atoms with Crippen molar-refractivity contribution in [1.29, 1.82) is 0 Å². The summed E-state index contributed by atoms with van der Waals surface area (Å²) in [6.45, 7) is 9.61. The number of anilines is 1. The second kappa shape index (κ2) is 6.66. The van der Waals surface area contributed by atoms with Gasteiger partial charge in [0, 0.05) is 11.8 Å². The summed E-state index contributed by atoms with van der Waals surface area (Å²) >= 11 is 0. The molecule has 2 heterocycles. The Balaban J connectivity index is 1.98. The van der Waals surface area contributed by atoms with Gasteiger partial charge in [-0.15, -0.1) is 0 Å². The van der Waals surface area contributed by atoms with Gasteiger partial charge < -0.3 is 10.5 Å². The zero-order valence-corrected chi connectivity index (χ0v) is 16.6. The monoisotopic (exact) mass is 368 g/mol. The molecule has 0 spiro atoms. The van der Waals surface area contributed by atoms with E-state index in [1.54, 1.807) is 6.07 Å². The number of methoxy groups -OCH3 is 1. The molecule has 3 rings (SSSR count). The van der Waals surface area contributed by atoms with Crippen LogP contribution in [0.3, 0.4) is 0 Å². The number of ether oxygens (including phenoxy) is 1. The van der Waals surface area contributed by atoms with Crippen molar-refractivity contribution in [2.24, 2.45) is 10.8 Å². The second-order valence-corrected chi connectivity index (χ2v) is 8.76. The molecule has 1 saturated heterocycles. The lowest BCUT2D eigenvalue weighted by atomic mass is 9.42. The fourth-order valence-corrected chi connectivity index (χ4v) is 4.00. The lowest BCUT2D eigenvalue weighted by molar-refractivity contribution is 0.0595. The van der Waals surface area contributed by atoms with Crippen LogP contribution in [0.25, 0.3) is 11.1 Å². The molecule has 0 aliphatic carbocycles. The summed E-state index contributed by atoms with van der Waals surface area (Å²) in [4.78, 5) is 16.0. The molecule has 4 nitrogen and oxygen atoms in total. The number of halogens is 1. The molecule has 1 aromatic carbocycles. The van der Waals surface area contributed by atoms with Crippen molar-refractivity contribution in [3.8, 4) is 11.1 Å². The number of nitrogens with two attached hydrogens (primary N) is 1. The highest BCUT2D eigenvalue weighted by atomic mass is 19.1. The number of pyridine rings is 1. The van der Waals surface area contributed by atoms with Crippen molar-refractivity contribution in [2.75, 3.05) is 12.8 Å². The van der Waals surface area contributed by atoms with Crippen molar-refractivity contribution >= 4 is 24.0 Å². The summed E-state index contributed by atoms with van der Waals surface area (Å²) in [5.74, 6) is -0.984. The van der Waals surface area contributed by atoms with E-state index >= 15 is 0 Å². The number of aromatic nitrogens is 1. The minimum Gasteiger partial charge on any atom is -0.465 e. The number of esters is 1. The summed E-state index contributed by atoms with van der Waals surface area (Å²) < 4.78 is 18.9. The number of rotatable bonds is 3. The fraction of sp³-hybridized carbons (Fsp3) is 0.429. The summed E-state index contributed by atoms with van der Waals surface area (Å²) in [5.41, 5.74) is 8.85. The zero-order chi connectivity index (χ0) is 20.0. The molecule has 0 radical (unpaired) electrons. The molecule has 0 atom stereocenters. The number of hydrogen-bond acceptors (Lipinski definition) is 4. The maximum Gasteiger partial charge on any atom is 0.340 e. The van der Waals surface area contributed by atoms with E-state index in [1.807, 2.05) is 12.3 Å². The number of carbonyl (C=O) groups is 1. The topological polar surface area (TPSA) is 65.2 Å². The first-order valence-corrected chi connectivity index (χ1v) is 9.19. The smallest absolute Gasteiger partial charge is 0.340 e. The Morgan fingerprint density at radius 3 is 2.37 bits per heavy atom. The SMILES string of the molecule is COC(=O)c1ccc(-c2cc(B3CC(C)(C)C(C)(C)C3)cnc2N)cc1F. The van der Waals surface area contributed by atoms with E-state index in [0.717, 1.165) is 18.1 Å². The molecule has 1 aliphatic rings. The minimum atomic E-state index is -0.700. The average molecular weight is 368 g/mol. The van der Waals surface area contributed by atoms with Gasteiger partial charge >= 0.3 is 5.97 Å². The molecule has 0 bridgehead atoms. The Hall–Kier alpha value is -2.37. The standard InChI is InChI=1S/C21H26BFN2O2/c1-20(2)11-22(12-21(20,3)4)14-9-16(18(24)25-10-14)13-6-7-15(17(23)8-13)19(26)27-5/h6-10H,11-12H2,1-5H3,(H2,24,25). The Morgan fingerprint density at radius 1 is 1.19 bits per heavy atom. The molecule has 0 unspecified atom stereocenters. The number of nitrogens with zero attached hydrogens (tertiary/aromatic N) is 1. The average Bonchev–Trinajstić information content (AvgIpc) is 2.82. The number of benzene rings is 1. The third-order valence-electron chi connectivity index (χ3n) is 6.44. The molecule has 0 amide bonds. The van der Waals surface area contributed by atoms with E-state index in [4.69, 9.17) is 5.73 Å². The summed E-state index contributed by atoms with van der Waals surface area (Å²) in [7, 11) is 1.23. The molecule has 2 N–H and O–H groups in total. The third-order valence-corrected chi connectivity index (χ3v) is 6.44. The van der Waals surface area contributed by atoms with Crippen LogP contribution in [0.2, 0.25) is 12.6 Å². The van der Waals surface area contributed by atoms with Gasteiger partial charge in [-0.05, 0) is 28.5 Å². The molecule has 6 heteroatoms. The molecule has 0 saturated carbocycles. The van der Waals surface area contributed by atoms with E-state index in [0.29, 0.717) is 23.7 Å². The van der Waals surface area contributed by atoms with Crippen LogP contribution in [0.5, 0.6) is 0 Å². The Kier molecular flexibility index (Phi) is 4.79. The first-order valence-electron chi connectivity index (χ1n) is 9.19. The predicted octanol–water partition coefficient (Wildman–Crippen LogP) is 4.02. The maximum atomic E-state index is 14.3. The van der Waals surface area contributed by atoms with Gasteiger partial charge in [-0.1, -0.05) is 57.9 Å². The predicted molar refractivity (Wildman–Crippen MR) is 108 cm³/mol. The molecular weight excluding hydrogens is 342 g/mol. The number of nitrogen functional groups attached to an aromatic ring is 1. The number of hydrogen-bond donors (Lipinski definition) is 1. The van der Waals surface area contributed by atoms with Crippen LogP contribution in [-0.4, -0.2) is 24.8 Å². The van der Waals surface area contributed by atoms with Crippen molar-refractivity contribution < 1.29 is 13.9 Å². The van der Waals surface area contributed by atoms with Crippen LogP contribution in [0.4, 0.5) is 10.2 Å². The first-order chi connectivity index (χ1) is 12.6. The van der Waals surface area contributed by atoms with Crippen LogP contribution in [0, 0.1) is 16.6 Å². The van der Waals surface area contributed by atoms with Gasteiger partial charge in [-0.2, -0.15) is 0 Å². The van der Waals surface area contributed by atoms with Crippen molar-refractivity contribution in [2.45, 2.75) is 40.3 Å². The van der Waals surface area contributed by atoms with Crippen LogP contribution < -0.4 is 11.2 Å². The van der Waals surface area contributed by atoms with E-state index in [1.165, 1.54) is 19.2 Å². The number of carbonyl (C=O) groups excluding carboxylic acids is 1. The molecular formula is C21H26BFN2O2. The first kappa shape index (κ1) is 19.4. The van der Waals surface area contributed by atoms with Crippen LogP contribution in [0.15, 0.2) is 30.5 Å². The molecule has 142 valence electrons. The Labute approximate surface area is 160 Å². The van der Waals surface area contributed by atoms with E-state index in [2.05, 4.69) is 37.4 Å². The fourth-order valence-electron chi connectivity index (χ4n) is 4.00. The molecule has 1 aliphatic heterocycles. The van der Waals surface area contributed by atoms with Gasteiger partial charge in [-0.3, -0.25) is 0 Å². The molecule has 1 fully saturated rings. The molecule has 27 heavy (non-hydrogen) atoms. The van der Waals surface area contributed by atoms with Gasteiger partial charge in [0.1, 0.15) is 11.6 Å². The summed E-state index contributed by atoms with van der Waals surface area (Å²) in [6, 6.07) is 6.42. The highest BCUT2D eigenvalue weighted by molar-refractivity contribution is 6.74. The highest BCUT2D eigenvalue weighted by Crippen LogP contribution is 2.52. The van der Waals surface area contributed by atoms with E-state index < -0.39 is 11.8 Å². The van der Waals surface area contributed by atoms with Crippen LogP contribution in [0.1, 0.15) is 38.1 Å². The Bertz CT molecular complexity index is 880. The van der Waals surface area contributed by atoms with E-state index in [-0.39, 0.29) is 16.4 Å². The Morgan fingerprint density at radius 2 is 1.81 bits per heavy atom. The normalized spacial score (nSPS) is 17.8. The van der Waals surface area contributed by atoms with Gasteiger partial charge in [0.05, 0.1) is 12.7 Å². The van der Waals surface area contributed by atoms with Crippen LogP contribution >= 0.6 is 0 Å². The molecule has 1 aromatic heterocycles. The third kappa shape index (κ3) is 3.45. The van der Waals surface area contributed by atoms with Crippen molar-refractivity contribution in [3.63, 3.8) is 0 Å². The second-order valence-electron chi connectivity index (χ2n) is 8.76. The maximum absolute atomic E-state index is 14.3. The minimum absolute atomic E-state index is 0.0942. The lowest BCUT2D eigenvalue weighted by Crippen LogP contribution is -2.28. The zero-order valence-electron chi connectivity index (χ0n) is 16.6.